The van der Waals surface area contributed by atoms with Gasteiger partial charge in [-0.15, -0.1) is 0 Å². The Morgan fingerprint density at radius 1 is 0.947 bits per heavy atom. The van der Waals surface area contributed by atoms with Crippen molar-refractivity contribution < 1.29 is 24.2 Å². The van der Waals surface area contributed by atoms with Crippen LogP contribution >= 0.6 is 23.2 Å². The molecule has 1 N–H and O–H groups in total. The van der Waals surface area contributed by atoms with Crippen molar-refractivity contribution in [3.8, 4) is 5.69 Å². The maximum atomic E-state index is 14.5. The molecule has 0 aliphatic heterocycles. The van der Waals surface area contributed by atoms with E-state index in [4.69, 9.17) is 27.9 Å². The molecule has 0 saturated heterocycles. The molecular formula is C47H66Cl2N2O6. The third-order valence-electron chi connectivity index (χ3n) is 15.7. The van der Waals surface area contributed by atoms with Crippen LogP contribution < -0.4 is 5.56 Å². The number of hydrogen-bond acceptors (Lipinski definition) is 5. The summed E-state index contributed by atoms with van der Waals surface area (Å²) < 4.78 is 9.84. The number of carboxylic acids is 1. The molecule has 4 aliphatic carbocycles. The second-order valence-electron chi connectivity index (χ2n) is 20.9. The largest absolute Gasteiger partial charge is 0.481 e. The SMILES string of the molecule is CCn1c([C@@]23CC[C@]4(C)[C@H](CC[C@@H]5[C@@](C)(CC[C@H](OC(=O)CC(C)(C)C(=O)O)C(C)(C)C)CCC[C@]54C)C2=C(C(C)C)C(=O)C3)c(Cl)c(=O)n1-c1ccc(Cl)cc1. The number of carboxylic acid groups (broad SMARTS) is 1. The van der Waals surface area contributed by atoms with Crippen LogP contribution in [0.2, 0.25) is 10.0 Å². The molecule has 10 heteroatoms. The number of allylic oxidation sites excluding steroid dienone is 2. The van der Waals surface area contributed by atoms with Gasteiger partial charge in [0.05, 0.1) is 23.2 Å². The van der Waals surface area contributed by atoms with Gasteiger partial charge in [-0.25, -0.2) is 4.68 Å². The van der Waals surface area contributed by atoms with Crippen LogP contribution in [0, 0.1) is 44.8 Å². The third-order valence-corrected chi connectivity index (χ3v) is 16.3. The molecule has 2 aromatic rings. The van der Waals surface area contributed by atoms with Crippen molar-refractivity contribution in [1.82, 2.24) is 9.36 Å². The molecule has 1 heterocycles. The zero-order chi connectivity index (χ0) is 42.3. The summed E-state index contributed by atoms with van der Waals surface area (Å²) in [7, 11) is 0. The lowest BCUT2D eigenvalue weighted by atomic mass is 9.36. The summed E-state index contributed by atoms with van der Waals surface area (Å²) >= 11 is 13.5. The minimum atomic E-state index is -1.20. The maximum absolute atomic E-state index is 14.5. The van der Waals surface area contributed by atoms with E-state index in [0.29, 0.717) is 36.0 Å². The Bertz CT molecular complexity index is 2020. The fourth-order valence-electron chi connectivity index (χ4n) is 12.5. The summed E-state index contributed by atoms with van der Waals surface area (Å²) in [5.74, 6) is -0.659. The first kappa shape index (κ1) is 43.7. The Balaban J connectivity index is 1.37. The van der Waals surface area contributed by atoms with Crippen molar-refractivity contribution >= 4 is 40.9 Å². The summed E-state index contributed by atoms with van der Waals surface area (Å²) in [5, 5.41) is 10.4. The van der Waals surface area contributed by atoms with Crippen molar-refractivity contribution in [2.75, 3.05) is 0 Å². The van der Waals surface area contributed by atoms with Gasteiger partial charge >= 0.3 is 11.9 Å². The van der Waals surface area contributed by atoms with Gasteiger partial charge in [-0.05, 0) is 147 Å². The van der Waals surface area contributed by atoms with E-state index in [1.807, 2.05) is 23.7 Å². The second-order valence-corrected chi connectivity index (χ2v) is 21.7. The minimum Gasteiger partial charge on any atom is -0.481 e. The highest BCUT2D eigenvalue weighted by atomic mass is 35.5. The first-order valence-corrected chi connectivity index (χ1v) is 22.1. The zero-order valence-corrected chi connectivity index (χ0v) is 37.8. The second kappa shape index (κ2) is 15.0. The molecule has 1 aromatic carbocycles. The molecule has 3 saturated carbocycles. The van der Waals surface area contributed by atoms with Crippen molar-refractivity contribution in [2.45, 2.75) is 165 Å². The van der Waals surface area contributed by atoms with Crippen molar-refractivity contribution in [1.29, 1.82) is 0 Å². The molecule has 7 atom stereocenters. The number of aromatic nitrogens is 2. The maximum Gasteiger partial charge on any atom is 0.309 e. The van der Waals surface area contributed by atoms with Crippen LogP contribution in [0.25, 0.3) is 5.69 Å². The molecule has 57 heavy (non-hydrogen) atoms. The number of fused-ring (bicyclic) bond motifs is 5. The summed E-state index contributed by atoms with van der Waals surface area (Å²) in [6.07, 6.45) is 8.41. The van der Waals surface area contributed by atoms with Crippen LogP contribution in [0.1, 0.15) is 152 Å². The van der Waals surface area contributed by atoms with Crippen molar-refractivity contribution in [3.63, 3.8) is 0 Å². The number of carbonyl (C=O) groups excluding carboxylic acids is 2. The first-order valence-electron chi connectivity index (χ1n) is 21.4. The topological polar surface area (TPSA) is 108 Å². The van der Waals surface area contributed by atoms with E-state index in [9.17, 15) is 24.3 Å². The van der Waals surface area contributed by atoms with Gasteiger partial charge in [-0.1, -0.05) is 85.0 Å². The zero-order valence-electron chi connectivity index (χ0n) is 36.2. The average Bonchev–Trinajstić information content (AvgIpc) is 3.56. The predicted molar refractivity (Wildman–Crippen MR) is 227 cm³/mol. The van der Waals surface area contributed by atoms with Crippen LogP contribution in [0.5, 0.6) is 0 Å². The number of carbonyl (C=O) groups is 3. The molecule has 0 bridgehead atoms. The van der Waals surface area contributed by atoms with E-state index in [0.717, 1.165) is 62.6 Å². The highest BCUT2D eigenvalue weighted by Gasteiger charge is 2.68. The van der Waals surface area contributed by atoms with Gasteiger partial charge in [0.2, 0.25) is 0 Å². The number of halogens is 2. The van der Waals surface area contributed by atoms with Crippen LogP contribution in [-0.4, -0.2) is 38.3 Å². The van der Waals surface area contributed by atoms with E-state index in [-0.39, 0.29) is 62.4 Å². The summed E-state index contributed by atoms with van der Waals surface area (Å²) in [6, 6.07) is 7.26. The summed E-state index contributed by atoms with van der Waals surface area (Å²) in [5.41, 5.74) is 1.11. The minimum absolute atomic E-state index is 0.00825. The highest BCUT2D eigenvalue weighted by molar-refractivity contribution is 6.31. The lowest BCUT2D eigenvalue weighted by molar-refractivity contribution is -0.172. The number of esters is 1. The molecule has 314 valence electrons. The Hall–Kier alpha value is -2.84. The molecule has 8 nitrogen and oxygen atoms in total. The van der Waals surface area contributed by atoms with Gasteiger partial charge in [0, 0.05) is 23.4 Å². The average molecular weight is 826 g/mol. The third kappa shape index (κ3) is 7.08. The van der Waals surface area contributed by atoms with E-state index in [1.54, 1.807) is 30.7 Å². The van der Waals surface area contributed by atoms with Crippen LogP contribution in [0.4, 0.5) is 0 Å². The lowest BCUT2D eigenvalue weighted by Crippen LogP contribution is -2.61. The number of nitrogens with zero attached hydrogens (tertiary/aromatic N) is 2. The van der Waals surface area contributed by atoms with E-state index >= 15 is 0 Å². The lowest BCUT2D eigenvalue weighted by Gasteiger charge is -2.68. The summed E-state index contributed by atoms with van der Waals surface area (Å²) in [4.78, 5) is 53.6. The number of Topliss-reactive ketones (excluding diaryl/α,β-unsaturated/α-hetero) is 1. The van der Waals surface area contributed by atoms with Gasteiger partial charge in [0.25, 0.3) is 5.56 Å². The number of ketones is 1. The predicted octanol–water partition coefficient (Wildman–Crippen LogP) is 11.4. The highest BCUT2D eigenvalue weighted by Crippen LogP contribution is 2.74. The van der Waals surface area contributed by atoms with E-state index in [2.05, 4.69) is 55.4 Å². The molecule has 6 rings (SSSR count). The monoisotopic (exact) mass is 824 g/mol. The molecule has 0 spiro atoms. The quantitative estimate of drug-likeness (QED) is 0.226. The van der Waals surface area contributed by atoms with Gasteiger partial charge in [-0.2, -0.15) is 0 Å². The normalized spacial score (nSPS) is 30.9. The summed E-state index contributed by atoms with van der Waals surface area (Å²) in [6.45, 7) is 23.7. The number of rotatable bonds is 11. The molecule has 4 aliphatic rings. The number of benzene rings is 1. The number of hydrogen-bond donors (Lipinski definition) is 1. The Morgan fingerprint density at radius 2 is 1.60 bits per heavy atom. The molecule has 3 fully saturated rings. The van der Waals surface area contributed by atoms with Crippen LogP contribution in [0.15, 0.2) is 40.2 Å². The van der Waals surface area contributed by atoms with Crippen LogP contribution in [-0.2, 0) is 31.1 Å². The van der Waals surface area contributed by atoms with Gasteiger partial charge < -0.3 is 9.84 Å². The van der Waals surface area contributed by atoms with E-state index < -0.39 is 22.8 Å². The van der Waals surface area contributed by atoms with Gasteiger partial charge in [-0.3, -0.25) is 23.9 Å². The van der Waals surface area contributed by atoms with Crippen LogP contribution in [0.3, 0.4) is 0 Å². The molecule has 0 radical (unpaired) electrons. The Kier molecular flexibility index (Phi) is 11.5. The fourth-order valence-corrected chi connectivity index (χ4v) is 13.0. The van der Waals surface area contributed by atoms with E-state index in [1.165, 1.54) is 5.57 Å². The Morgan fingerprint density at radius 3 is 2.18 bits per heavy atom. The number of aliphatic carboxylic acids is 1. The molecule has 0 amide bonds. The van der Waals surface area contributed by atoms with Gasteiger partial charge in [0.15, 0.2) is 5.78 Å². The number of ether oxygens (including phenoxy) is 1. The molecular weight excluding hydrogens is 759 g/mol. The standard InChI is InChI=1S/C47H66Cl2N2O6/c1-12-50-39(38(49)40(54)51(50)30-16-14-29(48)15-17-30)47-25-24-45(10)31(37(47)36(28(2)3)32(52)26-47)18-19-33-44(9,21-13-22-46(33,45)11)23-20-34(42(4,5)6)57-35(53)27-43(7,8)41(55)56/h14-17,28,31,33-34H,12-13,18-27H2,1-11H3,(H,55,56)/t31-,33-,34+,44-,45-,46-,47-/m1/s1. The van der Waals surface area contributed by atoms with Gasteiger partial charge in [0.1, 0.15) is 11.1 Å². The molecule has 1 aromatic heterocycles. The van der Waals surface area contributed by atoms with Crippen molar-refractivity contribution in [2.24, 2.45) is 44.8 Å². The molecule has 0 unspecified atom stereocenters. The van der Waals surface area contributed by atoms with Crippen molar-refractivity contribution in [3.05, 3.63) is 61.5 Å². The first-order chi connectivity index (χ1) is 26.4. The fraction of sp³-hybridized carbons (Fsp3) is 0.702. The Labute approximate surface area is 350 Å². The smallest absolute Gasteiger partial charge is 0.309 e.